The zero-order valence-electron chi connectivity index (χ0n) is 22.3. The normalized spacial score (nSPS) is 12.3. The van der Waals surface area contributed by atoms with Crippen LogP contribution in [0.25, 0.3) is 70.0 Å². The summed E-state index contributed by atoms with van der Waals surface area (Å²) in [5.74, 6) is 1.43. The van der Waals surface area contributed by atoms with Crippen LogP contribution in [0.3, 0.4) is 0 Å². The van der Waals surface area contributed by atoms with Gasteiger partial charge in [-0.25, -0.2) is 15.0 Å². The summed E-state index contributed by atoms with van der Waals surface area (Å²) >= 11 is 1.78. The number of rotatable bonds is 3. The third kappa shape index (κ3) is 3.08. The Hall–Kier alpha value is -4.35. The summed E-state index contributed by atoms with van der Waals surface area (Å²) in [6, 6.07) is 26.4. The predicted octanol–water partition coefficient (Wildman–Crippen LogP) is 9.31. The molecule has 0 atom stereocenters. The fraction of sp³-hybridized carbons (Fsp3) is 0.147. The van der Waals surface area contributed by atoms with Crippen LogP contribution in [-0.2, 0) is 0 Å². The fourth-order valence-corrected chi connectivity index (χ4v) is 7.62. The molecule has 0 saturated carbocycles. The molecule has 0 fully saturated rings. The number of hydrogen-bond acceptors (Lipinski definition) is 4. The van der Waals surface area contributed by atoms with E-state index in [1.165, 1.54) is 48.6 Å². The molecular weight excluding hydrogens is 496 g/mol. The first-order valence-electron chi connectivity index (χ1n) is 13.4. The maximum absolute atomic E-state index is 5.09. The number of fused-ring (bicyclic) bond motifs is 5. The van der Waals surface area contributed by atoms with Gasteiger partial charge >= 0.3 is 0 Å². The van der Waals surface area contributed by atoms with Crippen LogP contribution in [0.5, 0.6) is 0 Å². The van der Waals surface area contributed by atoms with Crippen LogP contribution in [0.4, 0.5) is 0 Å². The van der Waals surface area contributed by atoms with E-state index < -0.39 is 0 Å². The van der Waals surface area contributed by atoms with Gasteiger partial charge in [-0.2, -0.15) is 0 Å². The van der Waals surface area contributed by atoms with Crippen molar-refractivity contribution >= 4 is 59.6 Å². The monoisotopic (exact) mass is 522 g/mol. The Balaban J connectivity index is 1.39. The van der Waals surface area contributed by atoms with Gasteiger partial charge < -0.3 is 0 Å². The van der Waals surface area contributed by atoms with Gasteiger partial charge in [-0.15, -0.1) is 11.3 Å². The van der Waals surface area contributed by atoms with Crippen LogP contribution in [0.2, 0.25) is 0 Å². The molecule has 0 saturated heterocycles. The van der Waals surface area contributed by atoms with Gasteiger partial charge in [-0.3, -0.25) is 4.40 Å². The summed E-state index contributed by atoms with van der Waals surface area (Å²) in [7, 11) is 0. The molecule has 39 heavy (non-hydrogen) atoms. The molecule has 0 bridgehead atoms. The standard InChI is InChI=1S/C34H26N4S/c1-18(2)27-16-22(15-21-9-5-6-10-23(21)27)30-34-29(35-17-36-30)19(3)33(39-34)26-14-13-25-24-11-7-8-12-28(24)38-20(4)37-31(26)32(25)38/h5-18H,1-4H3. The summed E-state index contributed by atoms with van der Waals surface area (Å²) < 4.78 is 3.43. The summed E-state index contributed by atoms with van der Waals surface area (Å²) in [6.45, 7) is 8.80. The van der Waals surface area contributed by atoms with E-state index in [-0.39, 0.29) is 0 Å². The maximum atomic E-state index is 5.09. The van der Waals surface area contributed by atoms with E-state index in [4.69, 9.17) is 15.0 Å². The topological polar surface area (TPSA) is 43.1 Å². The fourth-order valence-electron chi connectivity index (χ4n) is 6.33. The van der Waals surface area contributed by atoms with E-state index in [2.05, 4.69) is 105 Å². The summed E-state index contributed by atoms with van der Waals surface area (Å²) in [5.41, 5.74) is 10.3. The minimum atomic E-state index is 0.413. The Morgan fingerprint density at radius 1 is 0.795 bits per heavy atom. The second-order valence-corrected chi connectivity index (χ2v) is 11.8. The third-order valence-corrected chi connectivity index (χ3v) is 9.47. The molecule has 0 unspecified atom stereocenters. The van der Waals surface area contributed by atoms with Crippen LogP contribution in [0, 0.1) is 13.8 Å². The molecule has 0 N–H and O–H groups in total. The van der Waals surface area contributed by atoms with Crippen LogP contribution >= 0.6 is 11.3 Å². The third-order valence-electron chi connectivity index (χ3n) is 8.14. The largest absolute Gasteiger partial charge is 0.295 e. The minimum absolute atomic E-state index is 0.413. The van der Waals surface area contributed by atoms with Gasteiger partial charge in [0.1, 0.15) is 12.2 Å². The Labute approximate surface area is 229 Å². The van der Waals surface area contributed by atoms with Gasteiger partial charge in [-0.1, -0.05) is 68.4 Å². The van der Waals surface area contributed by atoms with Gasteiger partial charge in [0.05, 0.1) is 32.5 Å². The van der Waals surface area contributed by atoms with E-state index in [0.29, 0.717) is 5.92 Å². The maximum Gasteiger partial charge on any atom is 0.116 e. The molecule has 4 heterocycles. The molecule has 0 aliphatic carbocycles. The predicted molar refractivity (Wildman–Crippen MR) is 164 cm³/mol. The van der Waals surface area contributed by atoms with Gasteiger partial charge in [0.15, 0.2) is 0 Å². The second-order valence-electron chi connectivity index (χ2n) is 10.8. The van der Waals surface area contributed by atoms with Gasteiger partial charge in [0.25, 0.3) is 0 Å². The van der Waals surface area contributed by atoms with Crippen molar-refractivity contribution in [2.75, 3.05) is 0 Å². The van der Waals surface area contributed by atoms with E-state index >= 15 is 0 Å². The van der Waals surface area contributed by atoms with Gasteiger partial charge in [0, 0.05) is 26.8 Å². The average Bonchev–Trinajstić information content (AvgIpc) is 3.60. The Bertz CT molecular complexity index is 2230. The second kappa shape index (κ2) is 8.08. The van der Waals surface area contributed by atoms with Crippen molar-refractivity contribution in [1.29, 1.82) is 0 Å². The van der Waals surface area contributed by atoms with Crippen molar-refractivity contribution in [2.45, 2.75) is 33.6 Å². The first-order chi connectivity index (χ1) is 19.0. The van der Waals surface area contributed by atoms with Crippen molar-refractivity contribution in [2.24, 2.45) is 0 Å². The number of aromatic nitrogens is 4. The highest BCUT2D eigenvalue weighted by Gasteiger charge is 2.23. The number of hydrogen-bond donors (Lipinski definition) is 0. The average molecular weight is 523 g/mol. The van der Waals surface area contributed by atoms with Crippen LogP contribution in [0.15, 0.2) is 79.1 Å². The number of benzene rings is 4. The lowest BCUT2D eigenvalue weighted by atomic mass is 9.92. The molecule has 0 radical (unpaired) electrons. The first kappa shape index (κ1) is 22.6. The highest BCUT2D eigenvalue weighted by atomic mass is 32.1. The highest BCUT2D eigenvalue weighted by Crippen LogP contribution is 2.45. The van der Waals surface area contributed by atoms with E-state index in [1.54, 1.807) is 17.7 Å². The van der Waals surface area contributed by atoms with Gasteiger partial charge in [0.2, 0.25) is 0 Å². The minimum Gasteiger partial charge on any atom is -0.295 e. The Morgan fingerprint density at radius 3 is 2.44 bits per heavy atom. The highest BCUT2D eigenvalue weighted by molar-refractivity contribution is 7.23. The van der Waals surface area contributed by atoms with Crippen LogP contribution in [-0.4, -0.2) is 19.4 Å². The summed E-state index contributed by atoms with van der Waals surface area (Å²) in [5, 5.41) is 5.08. The number of aryl methyl sites for hydroxylation is 2. The zero-order chi connectivity index (χ0) is 26.4. The first-order valence-corrected chi connectivity index (χ1v) is 14.2. The zero-order valence-corrected chi connectivity index (χ0v) is 23.1. The molecule has 4 aromatic heterocycles. The van der Waals surface area contributed by atoms with Crippen molar-refractivity contribution in [3.8, 4) is 21.7 Å². The smallest absolute Gasteiger partial charge is 0.116 e. The molecule has 0 amide bonds. The molecule has 5 heteroatoms. The van der Waals surface area contributed by atoms with E-state index in [0.717, 1.165) is 38.4 Å². The van der Waals surface area contributed by atoms with Crippen molar-refractivity contribution in [1.82, 2.24) is 19.4 Å². The molecular formula is C34H26N4S. The summed E-state index contributed by atoms with van der Waals surface area (Å²) in [6.07, 6.45) is 1.72. The molecule has 0 aliphatic heterocycles. The van der Waals surface area contributed by atoms with Crippen molar-refractivity contribution in [3.63, 3.8) is 0 Å². The Morgan fingerprint density at radius 2 is 1.59 bits per heavy atom. The number of para-hydroxylation sites is 1. The van der Waals surface area contributed by atoms with Crippen molar-refractivity contribution < 1.29 is 0 Å². The Kier molecular flexibility index (Phi) is 4.68. The molecule has 4 aromatic carbocycles. The molecule has 0 spiro atoms. The van der Waals surface area contributed by atoms with E-state index in [1.807, 2.05) is 0 Å². The van der Waals surface area contributed by atoms with Crippen molar-refractivity contribution in [3.05, 3.63) is 96.1 Å². The van der Waals surface area contributed by atoms with E-state index in [9.17, 15) is 0 Å². The van der Waals surface area contributed by atoms with Crippen LogP contribution < -0.4 is 0 Å². The van der Waals surface area contributed by atoms with Crippen LogP contribution in [0.1, 0.15) is 36.7 Å². The lowest BCUT2D eigenvalue weighted by Crippen LogP contribution is -1.93. The SMILES string of the molecule is Cc1c(-c2ccc3c4ccccc4n4c(C)nc2c34)sc2c(-c3cc(C(C)C)c4ccccc4c3)ncnc12. The number of nitrogens with zero attached hydrogens (tertiary/aromatic N) is 4. The quantitative estimate of drug-likeness (QED) is 0.232. The molecule has 8 aromatic rings. The molecule has 188 valence electrons. The molecule has 4 nitrogen and oxygen atoms in total. The lowest BCUT2D eigenvalue weighted by molar-refractivity contribution is 0.876. The molecule has 8 rings (SSSR count). The molecule has 0 aliphatic rings. The number of imidazole rings is 1. The van der Waals surface area contributed by atoms with Gasteiger partial charge in [-0.05, 0) is 59.9 Å². The summed E-state index contributed by atoms with van der Waals surface area (Å²) in [4.78, 5) is 15.9. The number of thiophene rings is 1. The lowest BCUT2D eigenvalue weighted by Gasteiger charge is -2.13.